The predicted octanol–water partition coefficient (Wildman–Crippen LogP) is 5.74. The van der Waals surface area contributed by atoms with E-state index >= 15 is 0 Å². The van der Waals surface area contributed by atoms with Crippen molar-refractivity contribution in [3.05, 3.63) is 156 Å². The monoisotopic (exact) mass is 623 g/mol. The van der Waals surface area contributed by atoms with Crippen molar-refractivity contribution in [2.24, 2.45) is 4.99 Å². The number of benzene rings is 4. The molecule has 0 bridgehead atoms. The number of amides is 1. The second-order valence-electron chi connectivity index (χ2n) is 10.2. The number of thiazole rings is 1. The molecule has 0 radical (unpaired) electrons. The first kappa shape index (κ1) is 29.7. The van der Waals surface area contributed by atoms with Crippen LogP contribution in [0.15, 0.2) is 118 Å². The Morgan fingerprint density at radius 2 is 1.69 bits per heavy atom. The average Bonchev–Trinajstić information content (AvgIpc) is 3.34. The number of anilines is 1. The number of halogens is 2. The fourth-order valence-electron chi connectivity index (χ4n) is 5.18. The third kappa shape index (κ3) is 6.18. The lowest BCUT2D eigenvalue weighted by molar-refractivity contribution is -0.113. The Hall–Kier alpha value is -5.35. The summed E-state index contributed by atoms with van der Waals surface area (Å²) in [6.45, 7) is 1.72. The Balaban J connectivity index is 1.39. The van der Waals surface area contributed by atoms with Crippen molar-refractivity contribution in [1.29, 1.82) is 0 Å². The fourth-order valence-corrected chi connectivity index (χ4v) is 6.23. The predicted molar refractivity (Wildman–Crippen MR) is 169 cm³/mol. The minimum Gasteiger partial charge on any atom is -0.496 e. The van der Waals surface area contributed by atoms with Gasteiger partial charge in [0.25, 0.3) is 11.5 Å². The van der Waals surface area contributed by atoms with Crippen LogP contribution in [-0.4, -0.2) is 17.6 Å². The van der Waals surface area contributed by atoms with Crippen LogP contribution in [0.2, 0.25) is 0 Å². The maximum absolute atomic E-state index is 14.2. The minimum absolute atomic E-state index is 0.0538. The largest absolute Gasteiger partial charge is 0.496 e. The van der Waals surface area contributed by atoms with Crippen LogP contribution in [0, 0.1) is 11.6 Å². The number of rotatable bonds is 8. The van der Waals surface area contributed by atoms with Gasteiger partial charge in [-0.2, -0.15) is 0 Å². The highest BCUT2D eigenvalue weighted by atomic mass is 32.1. The number of nitrogens with one attached hydrogen (secondary N) is 1. The second-order valence-corrected chi connectivity index (χ2v) is 11.3. The maximum Gasteiger partial charge on any atom is 0.271 e. The summed E-state index contributed by atoms with van der Waals surface area (Å²) in [7, 11) is 1.51. The Bertz CT molecular complexity index is 2110. The van der Waals surface area contributed by atoms with E-state index in [4.69, 9.17) is 9.47 Å². The topological polar surface area (TPSA) is 81.9 Å². The lowest BCUT2D eigenvalue weighted by Crippen LogP contribution is -2.40. The summed E-state index contributed by atoms with van der Waals surface area (Å²) in [4.78, 5) is 32.8. The molecule has 0 aliphatic carbocycles. The number of para-hydroxylation sites is 1. The minimum atomic E-state index is -0.814. The number of fused-ring (bicyclic) bond motifs is 1. The van der Waals surface area contributed by atoms with E-state index in [2.05, 4.69) is 10.3 Å². The first-order chi connectivity index (χ1) is 21.8. The summed E-state index contributed by atoms with van der Waals surface area (Å²) in [6.07, 6.45) is 1.73. The number of carbonyl (C=O) groups is 1. The molecule has 0 fully saturated rings. The van der Waals surface area contributed by atoms with Gasteiger partial charge in [-0.15, -0.1) is 0 Å². The van der Waals surface area contributed by atoms with E-state index in [0.717, 1.165) is 17.7 Å². The molecule has 7 nitrogen and oxygen atoms in total. The molecule has 6 rings (SSSR count). The molecule has 1 N–H and O–H groups in total. The normalized spacial score (nSPS) is 14.5. The van der Waals surface area contributed by atoms with Gasteiger partial charge in [0.2, 0.25) is 0 Å². The lowest BCUT2D eigenvalue weighted by atomic mass is 9.95. The van der Waals surface area contributed by atoms with E-state index in [1.807, 2.05) is 48.5 Å². The van der Waals surface area contributed by atoms with Gasteiger partial charge in [0, 0.05) is 17.3 Å². The number of aromatic nitrogens is 1. The highest BCUT2D eigenvalue weighted by molar-refractivity contribution is 7.07. The molecule has 4 aromatic carbocycles. The first-order valence-corrected chi connectivity index (χ1v) is 14.8. The molecule has 1 amide bonds. The molecule has 0 saturated heterocycles. The second kappa shape index (κ2) is 12.7. The van der Waals surface area contributed by atoms with Gasteiger partial charge in [-0.1, -0.05) is 65.9 Å². The third-order valence-electron chi connectivity index (χ3n) is 7.29. The van der Waals surface area contributed by atoms with Gasteiger partial charge >= 0.3 is 0 Å². The van der Waals surface area contributed by atoms with Gasteiger partial charge in [-0.3, -0.25) is 14.2 Å². The number of methoxy groups -OCH3 is 1. The zero-order valence-corrected chi connectivity index (χ0v) is 25.1. The van der Waals surface area contributed by atoms with Crippen LogP contribution in [0.3, 0.4) is 0 Å². The Morgan fingerprint density at radius 1 is 0.978 bits per heavy atom. The molecule has 1 aromatic heterocycles. The van der Waals surface area contributed by atoms with Gasteiger partial charge in [0.15, 0.2) is 16.4 Å². The van der Waals surface area contributed by atoms with E-state index in [-0.39, 0.29) is 23.8 Å². The molecular formula is C35H27F2N3O4S. The molecule has 2 heterocycles. The van der Waals surface area contributed by atoms with Crippen LogP contribution >= 0.6 is 11.3 Å². The number of nitrogens with zero attached hydrogens (tertiary/aromatic N) is 2. The molecular weight excluding hydrogens is 596 g/mol. The van der Waals surface area contributed by atoms with Crippen molar-refractivity contribution >= 4 is 29.0 Å². The molecule has 0 spiro atoms. The van der Waals surface area contributed by atoms with Crippen LogP contribution in [0.4, 0.5) is 14.5 Å². The quantitative estimate of drug-likeness (QED) is 0.239. The van der Waals surface area contributed by atoms with Gasteiger partial charge in [-0.25, -0.2) is 13.8 Å². The lowest BCUT2D eigenvalue weighted by Gasteiger charge is -2.25. The van der Waals surface area contributed by atoms with Crippen LogP contribution in [0.5, 0.6) is 11.5 Å². The van der Waals surface area contributed by atoms with Crippen LogP contribution in [0.25, 0.3) is 6.08 Å². The molecule has 5 aromatic rings. The summed E-state index contributed by atoms with van der Waals surface area (Å²) >= 11 is 1.22. The van der Waals surface area contributed by atoms with Crippen molar-refractivity contribution in [3.63, 3.8) is 0 Å². The van der Waals surface area contributed by atoms with Crippen molar-refractivity contribution < 1.29 is 23.0 Å². The van der Waals surface area contributed by atoms with E-state index in [0.29, 0.717) is 43.2 Å². The van der Waals surface area contributed by atoms with E-state index < -0.39 is 17.7 Å². The highest BCUT2D eigenvalue weighted by Gasteiger charge is 2.32. The Labute approximate surface area is 261 Å². The molecule has 0 saturated carbocycles. The summed E-state index contributed by atoms with van der Waals surface area (Å²) in [5.41, 5.74) is 3.27. The summed E-state index contributed by atoms with van der Waals surface area (Å²) < 4.78 is 40.5. The van der Waals surface area contributed by atoms with E-state index in [9.17, 15) is 18.4 Å². The van der Waals surface area contributed by atoms with Crippen molar-refractivity contribution in [1.82, 2.24) is 4.57 Å². The number of allylic oxidation sites excluding steroid dienone is 1. The van der Waals surface area contributed by atoms with E-state index in [1.165, 1.54) is 24.5 Å². The molecule has 1 unspecified atom stereocenters. The zero-order chi connectivity index (χ0) is 31.5. The molecule has 1 aliphatic rings. The maximum atomic E-state index is 14.2. The average molecular weight is 624 g/mol. The highest BCUT2D eigenvalue weighted by Crippen LogP contribution is 2.31. The smallest absolute Gasteiger partial charge is 0.271 e. The van der Waals surface area contributed by atoms with Crippen LogP contribution in [0.1, 0.15) is 29.7 Å². The van der Waals surface area contributed by atoms with Gasteiger partial charge < -0.3 is 14.8 Å². The summed E-state index contributed by atoms with van der Waals surface area (Å²) in [6, 6.07) is 26.2. The molecule has 1 atom stereocenters. The Kier molecular flexibility index (Phi) is 8.39. The number of carbonyl (C=O) groups excluding carboxylic acids is 1. The molecule has 1 aliphatic heterocycles. The third-order valence-corrected chi connectivity index (χ3v) is 8.28. The van der Waals surface area contributed by atoms with Gasteiger partial charge in [0.05, 0.1) is 29.0 Å². The van der Waals surface area contributed by atoms with Crippen LogP contribution in [-0.2, 0) is 11.4 Å². The van der Waals surface area contributed by atoms with Gasteiger partial charge in [-0.05, 0) is 60.5 Å². The number of hydrogen-bond acceptors (Lipinski definition) is 6. The number of ether oxygens (including phenoxy) is 2. The zero-order valence-electron chi connectivity index (χ0n) is 24.3. The Morgan fingerprint density at radius 3 is 2.40 bits per heavy atom. The SMILES string of the molecule is COc1ccc(/C=c2/sc3n(c2=O)C(c2ccccc2)C(C(=O)Nc2ccccc2)=C(C)N=3)cc1COc1ccc(F)cc1F. The fraction of sp³-hybridized carbons (Fsp3) is 0.114. The van der Waals surface area contributed by atoms with Crippen molar-refractivity contribution in [3.8, 4) is 11.5 Å². The van der Waals surface area contributed by atoms with E-state index in [1.54, 1.807) is 47.9 Å². The van der Waals surface area contributed by atoms with Crippen molar-refractivity contribution in [2.45, 2.75) is 19.6 Å². The van der Waals surface area contributed by atoms with Gasteiger partial charge in [0.1, 0.15) is 18.2 Å². The van der Waals surface area contributed by atoms with Crippen LogP contribution < -0.4 is 29.7 Å². The summed E-state index contributed by atoms with van der Waals surface area (Å²) in [5, 5.41) is 2.94. The standard InChI is InChI=1S/C35H27F2N3O4S/c1-21-31(33(41)39-26-11-7-4-8-12-26)32(23-9-5-3-6-10-23)40-34(42)30(45-35(40)38-21)18-22-13-15-28(43-2)24(17-22)20-44-29-16-14-25(36)19-27(29)37/h3-19,32H,20H2,1-2H3,(H,39,41)/b30-18+. The first-order valence-electron chi connectivity index (χ1n) is 14.0. The molecule has 226 valence electrons. The number of hydrogen-bond donors (Lipinski definition) is 1. The summed E-state index contributed by atoms with van der Waals surface area (Å²) in [5.74, 6) is -1.45. The van der Waals surface area contributed by atoms with Crippen molar-refractivity contribution in [2.75, 3.05) is 12.4 Å². The molecule has 10 heteroatoms. The molecule has 45 heavy (non-hydrogen) atoms.